The van der Waals surface area contributed by atoms with E-state index in [0.717, 1.165) is 43.5 Å². The van der Waals surface area contributed by atoms with E-state index in [1.54, 1.807) is 0 Å². The minimum atomic E-state index is 0.157. The van der Waals surface area contributed by atoms with Gasteiger partial charge in [0.05, 0.1) is 0 Å². The monoisotopic (exact) mass is 308 g/mol. The van der Waals surface area contributed by atoms with Crippen molar-refractivity contribution in [2.75, 3.05) is 19.6 Å². The summed E-state index contributed by atoms with van der Waals surface area (Å²) in [6, 6.07) is 18.4. The second kappa shape index (κ2) is 7.42. The standard InChI is InChI=1S/C20H24N2O/c21-14-17-12-13-22(15-17)20(23)19-9-5-4-8-18(19)11-10-16-6-2-1-3-7-16/h1-9,17H,10-15,21H2/t17-/m1/s1. The van der Waals surface area contributed by atoms with Gasteiger partial charge < -0.3 is 10.6 Å². The molecule has 2 N–H and O–H groups in total. The van der Waals surface area contributed by atoms with Crippen LogP contribution in [0.25, 0.3) is 0 Å². The lowest BCUT2D eigenvalue weighted by Crippen LogP contribution is -2.30. The van der Waals surface area contributed by atoms with E-state index in [2.05, 4.69) is 30.3 Å². The van der Waals surface area contributed by atoms with Crippen LogP contribution in [0.4, 0.5) is 0 Å². The maximum absolute atomic E-state index is 12.8. The van der Waals surface area contributed by atoms with E-state index >= 15 is 0 Å². The van der Waals surface area contributed by atoms with Crippen LogP contribution >= 0.6 is 0 Å². The molecule has 23 heavy (non-hydrogen) atoms. The third kappa shape index (κ3) is 3.80. The van der Waals surface area contributed by atoms with Crippen LogP contribution in [0.15, 0.2) is 54.6 Å². The van der Waals surface area contributed by atoms with E-state index in [1.165, 1.54) is 5.56 Å². The first-order valence-electron chi connectivity index (χ1n) is 8.39. The fraction of sp³-hybridized carbons (Fsp3) is 0.350. The number of rotatable bonds is 5. The summed E-state index contributed by atoms with van der Waals surface area (Å²) in [5, 5.41) is 0. The molecule has 1 aliphatic heterocycles. The van der Waals surface area contributed by atoms with Gasteiger partial charge in [-0.25, -0.2) is 0 Å². The van der Waals surface area contributed by atoms with Crippen molar-refractivity contribution in [2.45, 2.75) is 19.3 Å². The number of aryl methyl sites for hydroxylation is 2. The van der Waals surface area contributed by atoms with Gasteiger partial charge in [-0.05, 0) is 48.9 Å². The summed E-state index contributed by atoms with van der Waals surface area (Å²) in [6.07, 6.45) is 2.87. The van der Waals surface area contributed by atoms with Gasteiger partial charge in [0.1, 0.15) is 0 Å². The highest BCUT2D eigenvalue weighted by molar-refractivity contribution is 5.95. The lowest BCUT2D eigenvalue weighted by Gasteiger charge is -2.18. The molecule has 1 saturated heterocycles. The molecule has 0 aliphatic carbocycles. The number of carbonyl (C=O) groups is 1. The number of benzene rings is 2. The predicted molar refractivity (Wildman–Crippen MR) is 93.4 cm³/mol. The normalized spacial score (nSPS) is 17.4. The fourth-order valence-corrected chi connectivity index (χ4v) is 3.25. The average Bonchev–Trinajstić information content (AvgIpc) is 3.10. The molecular weight excluding hydrogens is 284 g/mol. The Kier molecular flexibility index (Phi) is 5.09. The Morgan fingerprint density at radius 1 is 1.04 bits per heavy atom. The van der Waals surface area contributed by atoms with Gasteiger partial charge in [-0.1, -0.05) is 48.5 Å². The summed E-state index contributed by atoms with van der Waals surface area (Å²) in [5.74, 6) is 0.611. The van der Waals surface area contributed by atoms with Crippen LogP contribution in [0.2, 0.25) is 0 Å². The van der Waals surface area contributed by atoms with Crippen LogP contribution in [0, 0.1) is 5.92 Å². The molecule has 1 fully saturated rings. The molecular formula is C20H24N2O. The zero-order valence-electron chi connectivity index (χ0n) is 13.4. The Hall–Kier alpha value is -2.13. The Bertz CT molecular complexity index is 654. The van der Waals surface area contributed by atoms with Crippen molar-refractivity contribution >= 4 is 5.91 Å². The zero-order chi connectivity index (χ0) is 16.1. The quantitative estimate of drug-likeness (QED) is 0.923. The molecule has 3 nitrogen and oxygen atoms in total. The summed E-state index contributed by atoms with van der Waals surface area (Å²) < 4.78 is 0. The molecule has 2 aromatic rings. The average molecular weight is 308 g/mol. The summed E-state index contributed by atoms with van der Waals surface area (Å²) in [5.41, 5.74) is 9.03. The summed E-state index contributed by atoms with van der Waals surface area (Å²) in [4.78, 5) is 14.8. The summed E-state index contributed by atoms with van der Waals surface area (Å²) in [7, 11) is 0. The Morgan fingerprint density at radius 3 is 2.52 bits per heavy atom. The minimum Gasteiger partial charge on any atom is -0.338 e. The minimum absolute atomic E-state index is 0.157. The molecule has 0 bridgehead atoms. The lowest BCUT2D eigenvalue weighted by atomic mass is 9.99. The molecule has 1 amide bonds. The number of nitrogens with two attached hydrogens (primary N) is 1. The molecule has 0 aromatic heterocycles. The molecule has 0 saturated carbocycles. The molecule has 0 spiro atoms. The topological polar surface area (TPSA) is 46.3 Å². The van der Waals surface area contributed by atoms with Gasteiger partial charge in [0.2, 0.25) is 0 Å². The summed E-state index contributed by atoms with van der Waals surface area (Å²) >= 11 is 0. The number of nitrogens with zero attached hydrogens (tertiary/aromatic N) is 1. The van der Waals surface area contributed by atoms with Gasteiger partial charge in [-0.3, -0.25) is 4.79 Å². The Labute approximate surface area is 138 Å². The number of carbonyl (C=O) groups excluding carboxylic acids is 1. The van der Waals surface area contributed by atoms with Gasteiger partial charge in [0.15, 0.2) is 0 Å². The smallest absolute Gasteiger partial charge is 0.254 e. The van der Waals surface area contributed by atoms with Crippen molar-refractivity contribution in [1.82, 2.24) is 4.90 Å². The summed E-state index contributed by atoms with van der Waals surface area (Å²) in [6.45, 7) is 2.29. The van der Waals surface area contributed by atoms with Crippen molar-refractivity contribution in [3.63, 3.8) is 0 Å². The van der Waals surface area contributed by atoms with E-state index < -0.39 is 0 Å². The maximum Gasteiger partial charge on any atom is 0.254 e. The third-order valence-corrected chi connectivity index (χ3v) is 4.68. The first-order chi connectivity index (χ1) is 11.3. The molecule has 0 radical (unpaired) electrons. The van der Waals surface area contributed by atoms with Crippen molar-refractivity contribution in [1.29, 1.82) is 0 Å². The van der Waals surface area contributed by atoms with Gasteiger partial charge in [-0.15, -0.1) is 0 Å². The first kappa shape index (κ1) is 15.8. The van der Waals surface area contributed by atoms with Crippen molar-refractivity contribution in [3.05, 3.63) is 71.3 Å². The molecule has 1 aliphatic rings. The largest absolute Gasteiger partial charge is 0.338 e. The highest BCUT2D eigenvalue weighted by Crippen LogP contribution is 2.20. The van der Waals surface area contributed by atoms with E-state index in [-0.39, 0.29) is 5.91 Å². The second-order valence-corrected chi connectivity index (χ2v) is 6.28. The van der Waals surface area contributed by atoms with Crippen molar-refractivity contribution in [2.24, 2.45) is 11.7 Å². The van der Waals surface area contributed by atoms with Crippen LogP contribution in [-0.2, 0) is 12.8 Å². The molecule has 2 aromatic carbocycles. The fourth-order valence-electron chi connectivity index (χ4n) is 3.25. The Morgan fingerprint density at radius 2 is 1.78 bits per heavy atom. The molecule has 3 heteroatoms. The number of hydrogen-bond donors (Lipinski definition) is 1. The van der Waals surface area contributed by atoms with Gasteiger partial charge in [0.25, 0.3) is 5.91 Å². The first-order valence-corrected chi connectivity index (χ1v) is 8.39. The SMILES string of the molecule is NC[C@H]1CCN(C(=O)c2ccccc2CCc2ccccc2)C1. The van der Waals surface area contributed by atoms with Crippen LogP contribution < -0.4 is 5.73 Å². The van der Waals surface area contributed by atoms with E-state index in [0.29, 0.717) is 12.5 Å². The van der Waals surface area contributed by atoms with Gasteiger partial charge in [0, 0.05) is 18.7 Å². The van der Waals surface area contributed by atoms with E-state index in [1.807, 2.05) is 29.2 Å². The van der Waals surface area contributed by atoms with Gasteiger partial charge >= 0.3 is 0 Å². The Balaban J connectivity index is 1.71. The van der Waals surface area contributed by atoms with Crippen LogP contribution in [0.1, 0.15) is 27.9 Å². The van der Waals surface area contributed by atoms with Crippen LogP contribution in [0.5, 0.6) is 0 Å². The molecule has 1 atom stereocenters. The van der Waals surface area contributed by atoms with Crippen molar-refractivity contribution < 1.29 is 4.79 Å². The highest BCUT2D eigenvalue weighted by atomic mass is 16.2. The molecule has 120 valence electrons. The molecule has 3 rings (SSSR count). The van der Waals surface area contributed by atoms with Crippen molar-refractivity contribution in [3.8, 4) is 0 Å². The second-order valence-electron chi connectivity index (χ2n) is 6.28. The van der Waals surface area contributed by atoms with Crippen LogP contribution in [0.3, 0.4) is 0 Å². The zero-order valence-corrected chi connectivity index (χ0v) is 13.4. The highest BCUT2D eigenvalue weighted by Gasteiger charge is 2.26. The number of likely N-dealkylation sites (tertiary alicyclic amines) is 1. The lowest BCUT2D eigenvalue weighted by molar-refractivity contribution is 0.0786. The number of amides is 1. The van der Waals surface area contributed by atoms with E-state index in [4.69, 9.17) is 5.73 Å². The maximum atomic E-state index is 12.8. The molecule has 1 heterocycles. The third-order valence-electron chi connectivity index (χ3n) is 4.68. The number of hydrogen-bond acceptors (Lipinski definition) is 2. The predicted octanol–water partition coefficient (Wildman–Crippen LogP) is 2.89. The van der Waals surface area contributed by atoms with Gasteiger partial charge in [-0.2, -0.15) is 0 Å². The molecule has 0 unspecified atom stereocenters. The van der Waals surface area contributed by atoms with E-state index in [9.17, 15) is 4.79 Å². The van der Waals surface area contributed by atoms with Crippen LogP contribution in [-0.4, -0.2) is 30.4 Å².